The lowest BCUT2D eigenvalue weighted by Gasteiger charge is -2.25. The second kappa shape index (κ2) is 5.33. The van der Waals surface area contributed by atoms with E-state index in [1.807, 2.05) is 0 Å². The smallest absolute Gasteiger partial charge is 0.416 e. The Morgan fingerprint density at radius 2 is 1.61 bits per heavy atom. The summed E-state index contributed by atoms with van der Waals surface area (Å²) in [5.41, 5.74) is -0.550. The largest absolute Gasteiger partial charge is 0.484 e. The molecular weight excluding hydrogens is 319 g/mol. The van der Waals surface area contributed by atoms with Crippen LogP contribution in [0.2, 0.25) is 0 Å². The number of Topliss-reactive ketones (excluding diaryl/α,β-unsaturated/α-hetero) is 1. The fourth-order valence-electron chi connectivity index (χ4n) is 2.39. The first-order valence-electron chi connectivity index (χ1n) is 6.62. The van der Waals surface area contributed by atoms with Crippen LogP contribution in [0.5, 0.6) is 5.75 Å². The van der Waals surface area contributed by atoms with Crippen LogP contribution in [-0.4, -0.2) is 5.78 Å². The molecule has 1 unspecified atom stereocenters. The van der Waals surface area contributed by atoms with E-state index >= 15 is 0 Å². The van der Waals surface area contributed by atoms with Gasteiger partial charge >= 0.3 is 6.18 Å². The molecule has 0 amide bonds. The molecule has 3 rings (SSSR count). The monoisotopic (exact) mass is 328 g/mol. The lowest BCUT2D eigenvalue weighted by molar-refractivity contribution is -0.137. The molecule has 1 heterocycles. The minimum absolute atomic E-state index is 0.0768. The third-order valence-electron chi connectivity index (χ3n) is 3.57. The van der Waals surface area contributed by atoms with Crippen LogP contribution in [0.4, 0.5) is 22.0 Å². The van der Waals surface area contributed by atoms with Crippen molar-refractivity contribution in [2.45, 2.75) is 18.7 Å². The van der Waals surface area contributed by atoms with Crippen molar-refractivity contribution in [3.05, 3.63) is 64.7 Å². The second-order valence-corrected chi connectivity index (χ2v) is 5.12. The highest BCUT2D eigenvalue weighted by atomic mass is 19.4. The first kappa shape index (κ1) is 15.5. The number of carbonyl (C=O) groups is 1. The summed E-state index contributed by atoms with van der Waals surface area (Å²) >= 11 is 0. The van der Waals surface area contributed by atoms with E-state index in [9.17, 15) is 26.7 Å². The van der Waals surface area contributed by atoms with Crippen molar-refractivity contribution < 1.29 is 31.5 Å². The van der Waals surface area contributed by atoms with Gasteiger partial charge in [-0.3, -0.25) is 4.79 Å². The summed E-state index contributed by atoms with van der Waals surface area (Å²) < 4.78 is 69.5. The van der Waals surface area contributed by atoms with Crippen LogP contribution in [0.3, 0.4) is 0 Å². The van der Waals surface area contributed by atoms with Gasteiger partial charge in [0, 0.05) is 6.07 Å². The van der Waals surface area contributed by atoms with Gasteiger partial charge in [-0.2, -0.15) is 13.2 Å². The zero-order valence-electron chi connectivity index (χ0n) is 11.5. The number of carbonyl (C=O) groups excluding carboxylic acids is 1. The minimum atomic E-state index is -4.46. The van der Waals surface area contributed by atoms with Crippen molar-refractivity contribution in [1.82, 2.24) is 0 Å². The molecule has 1 aliphatic rings. The highest BCUT2D eigenvalue weighted by molar-refractivity contribution is 6.00. The van der Waals surface area contributed by atoms with E-state index in [1.54, 1.807) is 0 Å². The third kappa shape index (κ3) is 2.91. The van der Waals surface area contributed by atoms with E-state index in [1.165, 1.54) is 12.1 Å². The molecule has 2 aromatic carbocycles. The molecule has 2 nitrogen and oxygen atoms in total. The molecule has 120 valence electrons. The number of fused-ring (bicyclic) bond motifs is 1. The van der Waals surface area contributed by atoms with Crippen molar-refractivity contribution >= 4 is 5.78 Å². The Bertz CT molecular complexity index is 765. The van der Waals surface area contributed by atoms with Gasteiger partial charge < -0.3 is 4.74 Å². The highest BCUT2D eigenvalue weighted by Gasteiger charge is 2.32. The molecule has 0 saturated carbocycles. The molecule has 0 radical (unpaired) electrons. The van der Waals surface area contributed by atoms with E-state index in [0.29, 0.717) is 5.56 Å². The van der Waals surface area contributed by atoms with Crippen LogP contribution in [0.25, 0.3) is 0 Å². The van der Waals surface area contributed by atoms with Crippen molar-refractivity contribution in [2.75, 3.05) is 0 Å². The van der Waals surface area contributed by atoms with Crippen LogP contribution in [0.1, 0.15) is 34.0 Å². The molecule has 7 heteroatoms. The van der Waals surface area contributed by atoms with Crippen LogP contribution in [-0.2, 0) is 6.18 Å². The number of hydrogen-bond donors (Lipinski definition) is 0. The number of ketones is 1. The molecule has 0 fully saturated rings. The standard InChI is InChI=1S/C16H9F5O2/c17-11-5-10-13(22)7-14(23-15(10)6-12(11)18)8-1-3-9(4-2-8)16(19,20)21/h1-6,14H,7H2. The molecule has 1 aliphatic heterocycles. The Morgan fingerprint density at radius 3 is 2.22 bits per heavy atom. The Hall–Kier alpha value is -2.44. The molecule has 2 aromatic rings. The summed E-state index contributed by atoms with van der Waals surface area (Å²) in [6.07, 6.45) is -5.47. The molecule has 0 bridgehead atoms. The van der Waals surface area contributed by atoms with Crippen molar-refractivity contribution in [3.8, 4) is 5.75 Å². The van der Waals surface area contributed by atoms with Crippen LogP contribution in [0, 0.1) is 11.6 Å². The van der Waals surface area contributed by atoms with Crippen molar-refractivity contribution in [3.63, 3.8) is 0 Å². The lowest BCUT2D eigenvalue weighted by atomic mass is 9.95. The zero-order chi connectivity index (χ0) is 16.8. The van der Waals surface area contributed by atoms with E-state index in [0.717, 1.165) is 24.3 Å². The predicted octanol–water partition coefficient (Wildman–Crippen LogP) is 4.69. The van der Waals surface area contributed by atoms with Gasteiger partial charge in [-0.05, 0) is 23.8 Å². The van der Waals surface area contributed by atoms with E-state index in [-0.39, 0.29) is 17.7 Å². The molecular formula is C16H9F5O2. The quantitative estimate of drug-likeness (QED) is 0.710. The SMILES string of the molecule is O=C1CC(c2ccc(C(F)(F)F)cc2)Oc2cc(F)c(F)cc21. The molecule has 0 aliphatic carbocycles. The number of alkyl halides is 3. The first-order valence-corrected chi connectivity index (χ1v) is 6.62. The summed E-state index contributed by atoms with van der Waals surface area (Å²) in [7, 11) is 0. The number of hydrogen-bond acceptors (Lipinski definition) is 2. The summed E-state index contributed by atoms with van der Waals surface area (Å²) in [6, 6.07) is 5.68. The molecule has 1 atom stereocenters. The Labute approximate surface area is 127 Å². The normalized spacial score (nSPS) is 17.6. The van der Waals surface area contributed by atoms with Gasteiger partial charge in [-0.15, -0.1) is 0 Å². The molecule has 0 saturated heterocycles. The van der Waals surface area contributed by atoms with Crippen molar-refractivity contribution in [1.29, 1.82) is 0 Å². The van der Waals surface area contributed by atoms with E-state index in [4.69, 9.17) is 4.74 Å². The number of rotatable bonds is 1. The minimum Gasteiger partial charge on any atom is -0.484 e. The predicted molar refractivity (Wildman–Crippen MR) is 70.1 cm³/mol. The van der Waals surface area contributed by atoms with Crippen LogP contribution < -0.4 is 4.74 Å². The first-order chi connectivity index (χ1) is 10.8. The summed E-state index contributed by atoms with van der Waals surface area (Å²) in [5, 5.41) is 0. The zero-order valence-corrected chi connectivity index (χ0v) is 11.5. The third-order valence-corrected chi connectivity index (χ3v) is 3.57. The maximum atomic E-state index is 13.3. The van der Waals surface area contributed by atoms with Gasteiger partial charge in [0.05, 0.1) is 17.5 Å². The second-order valence-electron chi connectivity index (χ2n) is 5.12. The topological polar surface area (TPSA) is 26.3 Å². The molecule has 0 N–H and O–H groups in total. The summed E-state index contributed by atoms with van der Waals surface area (Å²) in [6.45, 7) is 0. The average Bonchev–Trinajstić information content (AvgIpc) is 2.48. The lowest BCUT2D eigenvalue weighted by Crippen LogP contribution is -2.21. The number of benzene rings is 2. The van der Waals surface area contributed by atoms with E-state index in [2.05, 4.69) is 0 Å². The van der Waals surface area contributed by atoms with Gasteiger partial charge in [0.15, 0.2) is 17.4 Å². The number of halogens is 5. The van der Waals surface area contributed by atoms with E-state index < -0.39 is 35.3 Å². The molecule has 0 aromatic heterocycles. The summed E-state index contributed by atoms with van der Waals surface area (Å²) in [5.74, 6) is -2.90. The Morgan fingerprint density at radius 1 is 1.00 bits per heavy atom. The van der Waals surface area contributed by atoms with Gasteiger partial charge in [-0.1, -0.05) is 12.1 Å². The summed E-state index contributed by atoms with van der Waals surface area (Å²) in [4.78, 5) is 12.0. The van der Waals surface area contributed by atoms with Gasteiger partial charge in [0.25, 0.3) is 0 Å². The van der Waals surface area contributed by atoms with Gasteiger partial charge in [0.1, 0.15) is 11.9 Å². The molecule has 0 spiro atoms. The molecule has 23 heavy (non-hydrogen) atoms. The van der Waals surface area contributed by atoms with Crippen molar-refractivity contribution in [2.24, 2.45) is 0 Å². The highest BCUT2D eigenvalue weighted by Crippen LogP contribution is 2.37. The fourth-order valence-corrected chi connectivity index (χ4v) is 2.39. The fraction of sp³-hybridized carbons (Fsp3) is 0.188. The maximum absolute atomic E-state index is 13.3. The number of ether oxygens (including phenoxy) is 1. The van der Waals surface area contributed by atoms with Crippen LogP contribution >= 0.6 is 0 Å². The van der Waals surface area contributed by atoms with Gasteiger partial charge in [-0.25, -0.2) is 8.78 Å². The Kier molecular flexibility index (Phi) is 3.58. The Balaban J connectivity index is 1.91. The maximum Gasteiger partial charge on any atom is 0.416 e. The average molecular weight is 328 g/mol. The van der Waals surface area contributed by atoms with Crippen LogP contribution in [0.15, 0.2) is 36.4 Å². The van der Waals surface area contributed by atoms with Gasteiger partial charge in [0.2, 0.25) is 0 Å².